The molecule has 0 spiro atoms. The van der Waals surface area contributed by atoms with Gasteiger partial charge in [-0.25, -0.2) is 15.0 Å². The molecule has 0 amide bonds. The molecule has 9 N–H and O–H groups in total. The highest BCUT2D eigenvalue weighted by Gasteiger charge is 2.54. The van der Waals surface area contributed by atoms with Crippen molar-refractivity contribution in [3.63, 3.8) is 0 Å². The van der Waals surface area contributed by atoms with Gasteiger partial charge in [-0.1, -0.05) is 0 Å². The lowest BCUT2D eigenvalue weighted by molar-refractivity contribution is 0.158. The Bertz CT molecular complexity index is 1480. The van der Waals surface area contributed by atoms with Gasteiger partial charge in [0.1, 0.15) is 5.52 Å². The number of nitrogens with one attached hydrogen (secondary N) is 1. The van der Waals surface area contributed by atoms with Gasteiger partial charge in [0.05, 0.1) is 32.1 Å². The van der Waals surface area contributed by atoms with E-state index in [1.165, 1.54) is 6.33 Å². The molecule has 2 aliphatic rings. The Balaban J connectivity index is 0.000000152. The van der Waals surface area contributed by atoms with Gasteiger partial charge in [-0.2, -0.15) is 9.97 Å². The second kappa shape index (κ2) is 9.33. The van der Waals surface area contributed by atoms with Gasteiger partial charge in [0.2, 0.25) is 11.9 Å². The Labute approximate surface area is 209 Å². The van der Waals surface area contributed by atoms with Crippen molar-refractivity contribution < 1.29 is 20.4 Å². The molecule has 0 saturated heterocycles. The molecule has 2 saturated carbocycles. The predicted molar refractivity (Wildman–Crippen MR) is 132 cm³/mol. The molecule has 6 rings (SSSR count). The summed E-state index contributed by atoms with van der Waals surface area (Å²) in [6, 6.07) is 0. The molecule has 2 aliphatic carbocycles. The van der Waals surface area contributed by atoms with Crippen LogP contribution in [0.5, 0.6) is 0 Å². The van der Waals surface area contributed by atoms with E-state index in [1.807, 2.05) is 4.57 Å². The number of aliphatic hydroxyl groups excluding tert-OH is 4. The first kappa shape index (κ1) is 25.0. The molecule has 4 atom stereocenters. The monoisotopic (exact) mass is 514 g/mol. The molecule has 2 fully saturated rings. The minimum atomic E-state index is -0.381. The fraction of sp³-hybridized carbons (Fsp3) is 0.545. The van der Waals surface area contributed by atoms with Gasteiger partial charge >= 0.3 is 0 Å². The lowest BCUT2D eigenvalue weighted by Gasteiger charge is -2.14. The Kier molecular flexibility index (Phi) is 6.31. The zero-order chi connectivity index (χ0) is 26.4. The van der Waals surface area contributed by atoms with Gasteiger partial charge in [-0.15, -0.1) is 0 Å². The maximum absolute atomic E-state index is 11.6. The van der Waals surface area contributed by atoms with E-state index in [0.29, 0.717) is 29.9 Å². The maximum atomic E-state index is 11.6. The van der Waals surface area contributed by atoms with E-state index in [-0.39, 0.29) is 72.1 Å². The molecular weight excluding hydrogens is 484 g/mol. The number of hydrogen-bond donors (Lipinski definition) is 7. The van der Waals surface area contributed by atoms with E-state index in [2.05, 4.69) is 29.9 Å². The lowest BCUT2D eigenvalue weighted by Crippen LogP contribution is -2.20. The largest absolute Gasteiger partial charge is 0.396 e. The van der Waals surface area contributed by atoms with E-state index in [0.717, 1.165) is 12.8 Å². The van der Waals surface area contributed by atoms with Crippen LogP contribution in [0.3, 0.4) is 0 Å². The molecule has 2 unspecified atom stereocenters. The second-order valence-electron chi connectivity index (χ2n) is 10.0. The van der Waals surface area contributed by atoms with Crippen LogP contribution in [0.25, 0.3) is 22.3 Å². The summed E-state index contributed by atoms with van der Waals surface area (Å²) >= 11 is 0. The molecule has 0 bridgehead atoms. The molecule has 0 radical (unpaired) electrons. The van der Waals surface area contributed by atoms with Crippen LogP contribution in [0.15, 0.2) is 23.6 Å². The van der Waals surface area contributed by atoms with Crippen LogP contribution in [0.1, 0.15) is 12.8 Å². The van der Waals surface area contributed by atoms with E-state index in [1.54, 1.807) is 17.1 Å². The lowest BCUT2D eigenvalue weighted by atomic mass is 10.1. The minimum absolute atomic E-state index is 0.0173. The Morgan fingerprint density at radius 1 is 0.892 bits per heavy atom. The number of aliphatic hydroxyl groups is 4. The number of hydrogen-bond acceptors (Lipinski definition) is 12. The van der Waals surface area contributed by atoms with Crippen molar-refractivity contribution >= 4 is 34.2 Å². The van der Waals surface area contributed by atoms with Gasteiger partial charge in [-0.05, 0) is 24.7 Å². The van der Waals surface area contributed by atoms with Crippen LogP contribution < -0.4 is 17.0 Å². The third-order valence-corrected chi connectivity index (χ3v) is 7.63. The topological polar surface area (TPSA) is 240 Å². The van der Waals surface area contributed by atoms with Gasteiger partial charge in [-0.3, -0.25) is 9.78 Å². The molecule has 15 nitrogen and oxygen atoms in total. The van der Waals surface area contributed by atoms with E-state index >= 15 is 0 Å². The van der Waals surface area contributed by atoms with Crippen molar-refractivity contribution in [2.75, 3.05) is 37.9 Å². The van der Waals surface area contributed by atoms with Crippen molar-refractivity contribution in [1.29, 1.82) is 0 Å². The summed E-state index contributed by atoms with van der Waals surface area (Å²) in [5.41, 5.74) is 12.1. The molecule has 4 heterocycles. The molecule has 4 aromatic rings. The number of anilines is 2. The number of imidazole rings is 2. The number of rotatable bonds is 8. The average molecular weight is 515 g/mol. The predicted octanol–water partition coefficient (Wildman–Crippen LogP) is -1.91. The molecule has 15 heteroatoms. The summed E-state index contributed by atoms with van der Waals surface area (Å²) in [4.78, 5) is 34.4. The van der Waals surface area contributed by atoms with Gasteiger partial charge in [0.15, 0.2) is 16.8 Å². The van der Waals surface area contributed by atoms with Crippen molar-refractivity contribution in [2.45, 2.75) is 25.9 Å². The number of H-pyrrole nitrogens is 1. The van der Waals surface area contributed by atoms with Gasteiger partial charge < -0.3 is 41.0 Å². The molecule has 0 aliphatic heterocycles. The Hall–Kier alpha value is -3.66. The molecule has 0 aromatic carbocycles. The summed E-state index contributed by atoms with van der Waals surface area (Å²) < 4.78 is 3.56. The van der Waals surface area contributed by atoms with Crippen molar-refractivity contribution in [1.82, 2.24) is 39.0 Å². The number of nitrogens with two attached hydrogens (primary N) is 2. The van der Waals surface area contributed by atoms with Crippen LogP contribution in [-0.2, 0) is 13.1 Å². The highest BCUT2D eigenvalue weighted by Crippen LogP contribution is 2.54. The zero-order valence-corrected chi connectivity index (χ0v) is 20.0. The first-order chi connectivity index (χ1) is 17.8. The number of aromatic nitrogens is 8. The van der Waals surface area contributed by atoms with E-state index < -0.39 is 0 Å². The van der Waals surface area contributed by atoms with Crippen LogP contribution in [-0.4, -0.2) is 85.9 Å². The fourth-order valence-electron chi connectivity index (χ4n) is 5.00. The first-order valence-electron chi connectivity index (χ1n) is 11.9. The molecule has 4 aromatic heterocycles. The van der Waals surface area contributed by atoms with Crippen molar-refractivity contribution in [2.24, 2.45) is 22.7 Å². The summed E-state index contributed by atoms with van der Waals surface area (Å²) in [6.45, 7) is 1.23. The van der Waals surface area contributed by atoms with Crippen molar-refractivity contribution in [3.05, 3.63) is 29.2 Å². The minimum Gasteiger partial charge on any atom is -0.396 e. The highest BCUT2D eigenvalue weighted by atomic mass is 16.3. The maximum Gasteiger partial charge on any atom is 0.280 e. The number of nitrogens with zero attached hydrogens (tertiary/aromatic N) is 7. The van der Waals surface area contributed by atoms with E-state index in [9.17, 15) is 25.2 Å². The highest BCUT2D eigenvalue weighted by molar-refractivity contribution is 5.71. The van der Waals surface area contributed by atoms with Gasteiger partial charge in [0, 0.05) is 37.1 Å². The van der Waals surface area contributed by atoms with Crippen LogP contribution in [0.2, 0.25) is 0 Å². The zero-order valence-electron chi connectivity index (χ0n) is 20.0. The number of nitrogen functional groups attached to an aromatic ring is 2. The third-order valence-electron chi connectivity index (χ3n) is 7.63. The van der Waals surface area contributed by atoms with Crippen LogP contribution >= 0.6 is 0 Å². The Morgan fingerprint density at radius 3 is 2.05 bits per heavy atom. The molecule has 198 valence electrons. The third kappa shape index (κ3) is 4.50. The second-order valence-corrected chi connectivity index (χ2v) is 10.0. The summed E-state index contributed by atoms with van der Waals surface area (Å²) in [5, 5.41) is 37.3. The van der Waals surface area contributed by atoms with Gasteiger partial charge in [0.25, 0.3) is 5.56 Å². The first-order valence-corrected chi connectivity index (χ1v) is 11.9. The normalized spacial score (nSPS) is 26.3. The van der Waals surface area contributed by atoms with E-state index in [4.69, 9.17) is 11.5 Å². The smallest absolute Gasteiger partial charge is 0.280 e. The Morgan fingerprint density at radius 2 is 1.49 bits per heavy atom. The molecule has 37 heavy (non-hydrogen) atoms. The summed E-state index contributed by atoms with van der Waals surface area (Å²) in [6.07, 6.45) is 6.33. The quantitative estimate of drug-likeness (QED) is 0.136. The molecular formula is C22H30N10O5. The number of aromatic amines is 1. The SMILES string of the molecule is Nc1nc2c(ncn2C[C@]2(CO)CC2CO)c(=O)[nH]1.Nc1ncc2ncn(C[C@]3(CO)CC3CO)c2n1. The summed E-state index contributed by atoms with van der Waals surface area (Å²) in [5.74, 6) is 0.469. The van der Waals surface area contributed by atoms with Crippen LogP contribution in [0, 0.1) is 22.7 Å². The van der Waals surface area contributed by atoms with Crippen LogP contribution in [0.4, 0.5) is 11.9 Å². The fourth-order valence-corrected chi connectivity index (χ4v) is 5.00. The summed E-state index contributed by atoms with van der Waals surface area (Å²) in [7, 11) is 0. The average Bonchev–Trinajstić information content (AvgIpc) is 3.69. The number of fused-ring (bicyclic) bond motifs is 2. The van der Waals surface area contributed by atoms with Crippen molar-refractivity contribution in [3.8, 4) is 0 Å². The standard InChI is InChI=1S/C11H15N5O3.C11H15N5O2/c12-10-14-8-7(9(19)15-10)13-5-16(8)3-11(4-18)1-6(11)2-17;12-10-13-2-8-9(15-10)16(6-14-8)4-11(5-18)1-7(11)3-17/h5-6,17-18H,1-4H2,(H3,12,14,15,19);2,6-7,17-18H,1,3-5H2,(H2,12,13,15)/t6?,11-;7?,11-/m00/s1.